The quantitative estimate of drug-likeness (QED) is 0.329. The van der Waals surface area contributed by atoms with Crippen molar-refractivity contribution in [3.05, 3.63) is 105 Å². The molecule has 0 radical (unpaired) electrons. The zero-order chi connectivity index (χ0) is 27.9. The summed E-state index contributed by atoms with van der Waals surface area (Å²) < 4.78 is 56.4. The van der Waals surface area contributed by atoms with Crippen molar-refractivity contribution in [1.82, 2.24) is 4.72 Å². The van der Waals surface area contributed by atoms with Crippen LogP contribution in [-0.4, -0.2) is 20.1 Å². The van der Waals surface area contributed by atoms with Gasteiger partial charge in [0.1, 0.15) is 5.58 Å². The Kier molecular flexibility index (Phi) is 6.85. The number of nitrogens with zero attached hydrogens (tertiary/aromatic N) is 1. The van der Waals surface area contributed by atoms with E-state index in [2.05, 4.69) is 5.32 Å². The summed E-state index contributed by atoms with van der Waals surface area (Å²) in [7, 11) is -5.13. The summed E-state index contributed by atoms with van der Waals surface area (Å²) >= 11 is 0. The maximum atomic E-state index is 13.2. The van der Waals surface area contributed by atoms with Gasteiger partial charge >= 0.3 is 5.76 Å². The van der Waals surface area contributed by atoms with Crippen LogP contribution in [0.15, 0.2) is 75.9 Å². The molecule has 0 bridgehead atoms. The van der Waals surface area contributed by atoms with E-state index in [0.29, 0.717) is 35.5 Å². The average molecular weight is 554 g/mol. The van der Waals surface area contributed by atoms with Gasteiger partial charge in [0.25, 0.3) is 15.9 Å². The molecule has 4 aromatic rings. The van der Waals surface area contributed by atoms with Gasteiger partial charge in [-0.2, -0.15) is 8.78 Å². The Morgan fingerprint density at radius 3 is 2.31 bits per heavy atom. The molecule has 8 nitrogen and oxygen atoms in total. The van der Waals surface area contributed by atoms with Crippen LogP contribution < -0.4 is 20.4 Å². The van der Waals surface area contributed by atoms with Gasteiger partial charge in [-0.25, -0.2) is 13.1 Å². The van der Waals surface area contributed by atoms with Crippen LogP contribution in [-0.2, 0) is 23.1 Å². The number of carbonyl (C=O) groups excluding carboxylic acids is 1. The van der Waals surface area contributed by atoms with Gasteiger partial charge in [-0.1, -0.05) is 42.5 Å². The predicted molar refractivity (Wildman–Crippen MR) is 144 cm³/mol. The molecule has 0 saturated heterocycles. The first-order valence-electron chi connectivity index (χ1n) is 12.1. The van der Waals surface area contributed by atoms with Gasteiger partial charge in [0.15, 0.2) is 5.43 Å². The number of sulfonamides is 1. The molecule has 1 aliphatic heterocycles. The zero-order valence-electron chi connectivity index (χ0n) is 21.1. The Hall–Kier alpha value is -4.25. The van der Waals surface area contributed by atoms with Gasteiger partial charge in [-0.3, -0.25) is 9.59 Å². The van der Waals surface area contributed by atoms with Crippen molar-refractivity contribution >= 4 is 38.5 Å². The minimum Gasteiger partial charge on any atom is -0.440 e. The number of hydrogen-bond acceptors (Lipinski definition) is 7. The van der Waals surface area contributed by atoms with Crippen LogP contribution in [0.1, 0.15) is 45.6 Å². The molecule has 11 heteroatoms. The lowest BCUT2D eigenvalue weighted by Crippen LogP contribution is -2.35. The number of carbonyl (C=O) groups is 1. The lowest BCUT2D eigenvalue weighted by atomic mass is 10.0. The topological polar surface area (TPSA) is 109 Å². The van der Waals surface area contributed by atoms with E-state index in [0.717, 1.165) is 16.7 Å². The van der Waals surface area contributed by atoms with Crippen LogP contribution in [0.2, 0.25) is 0 Å². The van der Waals surface area contributed by atoms with E-state index < -0.39 is 27.7 Å². The number of halogens is 2. The molecule has 202 valence electrons. The molecule has 1 aliphatic rings. The Labute approximate surface area is 223 Å². The summed E-state index contributed by atoms with van der Waals surface area (Å²) in [6.07, 6.45) is 0. The number of hydrogen-bond donors (Lipinski definition) is 2. The fourth-order valence-electron chi connectivity index (χ4n) is 4.74. The van der Waals surface area contributed by atoms with Crippen molar-refractivity contribution in [1.29, 1.82) is 0 Å². The normalized spacial score (nSPS) is 13.9. The van der Waals surface area contributed by atoms with Crippen molar-refractivity contribution in [3.63, 3.8) is 0 Å². The third-order valence-corrected chi connectivity index (χ3v) is 7.56. The molecule has 3 aromatic carbocycles. The minimum absolute atomic E-state index is 0.137. The molecule has 1 atom stereocenters. The number of aryl methyl sites for hydroxylation is 1. The van der Waals surface area contributed by atoms with Crippen LogP contribution in [0.4, 0.5) is 20.4 Å². The van der Waals surface area contributed by atoms with Gasteiger partial charge in [0.2, 0.25) is 5.88 Å². The molecule has 0 saturated carbocycles. The van der Waals surface area contributed by atoms with E-state index in [1.165, 1.54) is 29.0 Å². The molecule has 1 unspecified atom stereocenters. The molecule has 0 fully saturated rings. The molecule has 2 N–H and O–H groups in total. The van der Waals surface area contributed by atoms with E-state index >= 15 is 0 Å². The first-order valence-corrected chi connectivity index (χ1v) is 13.7. The predicted octanol–water partition coefficient (Wildman–Crippen LogP) is 5.08. The van der Waals surface area contributed by atoms with Crippen molar-refractivity contribution in [2.24, 2.45) is 0 Å². The molecule has 2 heterocycles. The van der Waals surface area contributed by atoms with Crippen LogP contribution in [0.3, 0.4) is 0 Å². The molecule has 1 amide bonds. The molecule has 5 rings (SSSR count). The number of alkyl halides is 2. The lowest BCUT2D eigenvalue weighted by Gasteiger charge is -2.21. The first-order chi connectivity index (χ1) is 18.5. The van der Waals surface area contributed by atoms with Gasteiger partial charge in [0, 0.05) is 30.4 Å². The van der Waals surface area contributed by atoms with Crippen LogP contribution in [0.25, 0.3) is 11.0 Å². The standard InChI is InChI=1S/C28H25F2N3O5S/c1-16-11-21(17(2)31-23-10-6-5-9-20(23)27(35)32-39(36,37)28(29)30)26-22(12-16)24(34)13-25(38-26)33-14-18-7-3-4-8-19(18)15-33/h3-13,17,28,31H,14-15H2,1-2H3,(H,32,35). The summed E-state index contributed by atoms with van der Waals surface area (Å²) in [6.45, 7) is 4.83. The highest BCUT2D eigenvalue weighted by molar-refractivity contribution is 7.90. The van der Waals surface area contributed by atoms with Crippen molar-refractivity contribution in [2.45, 2.75) is 38.7 Å². The SMILES string of the molecule is Cc1cc(C(C)Nc2ccccc2C(=O)NS(=O)(=O)C(F)F)c2oc(N3Cc4ccccc4C3)cc(=O)c2c1. The molecular formula is C28H25F2N3O5S. The summed E-state index contributed by atoms with van der Waals surface area (Å²) in [4.78, 5) is 27.7. The number of nitrogens with one attached hydrogen (secondary N) is 2. The third-order valence-electron chi connectivity index (χ3n) is 6.62. The Bertz CT molecular complexity index is 1730. The van der Waals surface area contributed by atoms with Gasteiger partial charge in [-0.05, 0) is 48.7 Å². The number of amides is 1. The smallest absolute Gasteiger partial charge is 0.355 e. The highest BCUT2D eigenvalue weighted by atomic mass is 32.2. The Balaban J connectivity index is 1.50. The molecule has 39 heavy (non-hydrogen) atoms. The van der Waals surface area contributed by atoms with Crippen LogP contribution >= 0.6 is 0 Å². The number of fused-ring (bicyclic) bond motifs is 2. The molecular weight excluding hydrogens is 528 g/mol. The van der Waals surface area contributed by atoms with E-state index in [1.54, 1.807) is 19.1 Å². The highest BCUT2D eigenvalue weighted by Crippen LogP contribution is 2.33. The number of para-hydroxylation sites is 1. The Morgan fingerprint density at radius 2 is 1.64 bits per heavy atom. The fourth-order valence-corrected chi connectivity index (χ4v) is 5.19. The minimum atomic E-state index is -5.13. The van der Waals surface area contributed by atoms with Crippen LogP contribution in [0, 0.1) is 6.92 Å². The number of rotatable bonds is 7. The van der Waals surface area contributed by atoms with Crippen molar-refractivity contribution in [2.75, 3.05) is 10.2 Å². The summed E-state index contributed by atoms with van der Waals surface area (Å²) in [5.74, 6) is -4.51. The maximum absolute atomic E-state index is 13.2. The number of anilines is 2. The van der Waals surface area contributed by atoms with E-state index in [-0.39, 0.29) is 16.7 Å². The van der Waals surface area contributed by atoms with Crippen LogP contribution in [0.5, 0.6) is 0 Å². The highest BCUT2D eigenvalue weighted by Gasteiger charge is 2.28. The van der Waals surface area contributed by atoms with Crippen molar-refractivity contribution < 1.29 is 26.4 Å². The molecule has 1 aromatic heterocycles. The van der Waals surface area contributed by atoms with E-state index in [1.807, 2.05) is 42.2 Å². The second-order valence-electron chi connectivity index (χ2n) is 9.45. The van der Waals surface area contributed by atoms with Gasteiger partial charge in [0.05, 0.1) is 17.0 Å². The second-order valence-corrected chi connectivity index (χ2v) is 11.1. The lowest BCUT2D eigenvalue weighted by molar-refractivity contribution is 0.0977. The monoisotopic (exact) mass is 553 g/mol. The fraction of sp³-hybridized carbons (Fsp3) is 0.214. The van der Waals surface area contributed by atoms with Gasteiger partial charge in [-0.15, -0.1) is 0 Å². The largest absolute Gasteiger partial charge is 0.440 e. The van der Waals surface area contributed by atoms with Gasteiger partial charge < -0.3 is 14.6 Å². The van der Waals surface area contributed by atoms with E-state index in [4.69, 9.17) is 4.42 Å². The average Bonchev–Trinajstić information content (AvgIpc) is 3.33. The van der Waals surface area contributed by atoms with Crippen molar-refractivity contribution in [3.8, 4) is 0 Å². The number of benzene rings is 3. The zero-order valence-corrected chi connectivity index (χ0v) is 21.9. The molecule has 0 aliphatic carbocycles. The summed E-state index contributed by atoms with van der Waals surface area (Å²) in [5, 5.41) is 3.54. The Morgan fingerprint density at radius 1 is 1.00 bits per heavy atom. The third kappa shape index (κ3) is 5.22. The summed E-state index contributed by atoms with van der Waals surface area (Å²) in [5.41, 5.74) is 4.02. The van der Waals surface area contributed by atoms with E-state index in [9.17, 15) is 26.8 Å². The molecule has 0 spiro atoms. The summed E-state index contributed by atoms with van der Waals surface area (Å²) in [6, 6.07) is 18.5. The second kappa shape index (κ2) is 10.1. The maximum Gasteiger partial charge on any atom is 0.355 e. The first kappa shape index (κ1) is 26.4.